The summed E-state index contributed by atoms with van der Waals surface area (Å²) in [4.78, 5) is 23.0. The molecule has 4 rings (SSSR count). The molecule has 0 fully saturated rings. The number of carbonyl (C=O) groups excluding carboxylic acids is 2. The number of nitrogens with one attached hydrogen (secondary N) is 1. The third-order valence-electron chi connectivity index (χ3n) is 8.75. The molecule has 4 aromatic rings. The lowest BCUT2D eigenvalue weighted by atomic mass is 9.89. The number of hydrogen-bond acceptors (Lipinski definition) is 7. The summed E-state index contributed by atoms with van der Waals surface area (Å²) in [5, 5.41) is 27.8. The number of aryl methyl sites for hydroxylation is 2. The number of aliphatic hydroxyl groups is 2. The van der Waals surface area contributed by atoms with Crippen LogP contribution in [0.4, 0.5) is 46.5 Å². The Bertz CT molecular complexity index is 1960. The van der Waals surface area contributed by atoms with Crippen molar-refractivity contribution in [2.45, 2.75) is 103 Å². The smallest absolute Gasteiger partial charge is 0.398 e. The Hall–Kier alpha value is -4.26. The second-order valence-corrected chi connectivity index (χ2v) is 13.9. The van der Waals surface area contributed by atoms with Crippen molar-refractivity contribution in [1.82, 2.24) is 19.6 Å². The molecule has 2 aromatic carbocycles. The molecule has 0 aliphatic rings. The van der Waals surface area contributed by atoms with Gasteiger partial charge in [0.05, 0.1) is 11.2 Å². The lowest BCUT2D eigenvalue weighted by Gasteiger charge is -2.26. The Labute approximate surface area is 347 Å². The minimum Gasteiger partial charge on any atom is -0.398 e. The average Bonchev–Trinajstić information content (AvgIpc) is 3.64. The van der Waals surface area contributed by atoms with Crippen LogP contribution >= 0.6 is 23.2 Å². The topological polar surface area (TPSA) is 148 Å². The van der Waals surface area contributed by atoms with Crippen molar-refractivity contribution < 1.29 is 54.9 Å². The number of nitrogen functional groups attached to an aromatic ring is 1. The van der Waals surface area contributed by atoms with E-state index in [2.05, 4.69) is 34.0 Å². The van der Waals surface area contributed by atoms with E-state index >= 15 is 0 Å². The standard InChI is InChI=1S/C19H23F4N3O2.C13H21NO.C6H3ClF4N2O.CH3Cl/c1-4-5-8-11-18(2,28)12-9-6-7-10-13(12)24-17(27)14-15(19(21,22)23)25-26(3)16(14)20;1-3-4-7-10-13(2,15)11-8-5-6-9-12(11)14;1-13-5(8)2(4(7)14)3(12-13)6(9,10)11;1-2/h6-7,9-10,28H,4-5,8,11H2,1-3H3,(H,24,27);5-6,8-9,15H,3-4,7,10,14H2,1-2H3;1H3;1H3. The number of para-hydroxylation sites is 2. The van der Waals surface area contributed by atoms with Gasteiger partial charge < -0.3 is 21.3 Å². The van der Waals surface area contributed by atoms with E-state index in [1.54, 1.807) is 25.1 Å². The van der Waals surface area contributed by atoms with Gasteiger partial charge in [0.15, 0.2) is 11.4 Å². The number of anilines is 2. The van der Waals surface area contributed by atoms with Crippen molar-refractivity contribution in [2.75, 3.05) is 17.4 Å². The van der Waals surface area contributed by atoms with Crippen molar-refractivity contribution in [1.29, 1.82) is 0 Å². The second kappa shape index (κ2) is 22.9. The van der Waals surface area contributed by atoms with Gasteiger partial charge in [0.2, 0.25) is 11.9 Å². The fourth-order valence-electron chi connectivity index (χ4n) is 5.72. The van der Waals surface area contributed by atoms with Crippen molar-refractivity contribution in [2.24, 2.45) is 14.1 Å². The number of aromatic nitrogens is 4. The van der Waals surface area contributed by atoms with Gasteiger partial charge >= 0.3 is 12.4 Å². The number of rotatable bonds is 13. The molecule has 2 unspecified atom stereocenters. The molecule has 10 nitrogen and oxygen atoms in total. The number of hydrogen-bond donors (Lipinski definition) is 4. The highest BCUT2D eigenvalue weighted by molar-refractivity contribution is 6.67. The molecule has 0 saturated carbocycles. The third-order valence-corrected chi connectivity index (χ3v) is 8.93. The third kappa shape index (κ3) is 15.1. The normalized spacial score (nSPS) is 13.3. The van der Waals surface area contributed by atoms with Crippen molar-refractivity contribution in [3.05, 3.63) is 94.1 Å². The van der Waals surface area contributed by atoms with Crippen molar-refractivity contribution in [3.8, 4) is 0 Å². The molecule has 0 radical (unpaired) electrons. The van der Waals surface area contributed by atoms with Gasteiger partial charge in [0, 0.05) is 43.0 Å². The number of benzene rings is 2. The summed E-state index contributed by atoms with van der Waals surface area (Å²) < 4.78 is 104. The monoisotopic (exact) mass is 888 g/mol. The summed E-state index contributed by atoms with van der Waals surface area (Å²) in [6.45, 7) is 7.59. The summed E-state index contributed by atoms with van der Waals surface area (Å²) in [6.07, 6.45) is -1.28. The van der Waals surface area contributed by atoms with Crippen LogP contribution in [0, 0.1) is 11.9 Å². The summed E-state index contributed by atoms with van der Waals surface area (Å²) in [5.41, 5.74) is 0.0958. The van der Waals surface area contributed by atoms with Gasteiger partial charge in [-0.15, -0.1) is 11.6 Å². The Morgan fingerprint density at radius 1 is 0.712 bits per heavy atom. The highest BCUT2D eigenvalue weighted by atomic mass is 35.5. The van der Waals surface area contributed by atoms with Crippen LogP contribution in [0.2, 0.25) is 0 Å². The SMILES string of the molecule is CCCCCC(C)(O)c1ccccc1N.CCCCCC(C)(O)c1ccccc1NC(=O)c1c(C(F)(F)F)nn(C)c1F.CCl.Cn1nc(C(F)(F)F)c(C(=O)Cl)c1F. The highest BCUT2D eigenvalue weighted by Gasteiger charge is 2.43. The van der Waals surface area contributed by atoms with E-state index in [4.69, 9.17) is 17.3 Å². The molecule has 330 valence electrons. The number of nitrogens with zero attached hydrogens (tertiary/aromatic N) is 4. The van der Waals surface area contributed by atoms with Crippen LogP contribution in [-0.4, -0.2) is 47.3 Å². The average molecular weight is 890 g/mol. The molecule has 2 heterocycles. The predicted octanol–water partition coefficient (Wildman–Crippen LogP) is 10.5. The first kappa shape index (κ1) is 52.8. The molecule has 0 aliphatic carbocycles. The maximum atomic E-state index is 14.1. The first-order chi connectivity index (χ1) is 27.3. The van der Waals surface area contributed by atoms with Crippen LogP contribution in [0.15, 0.2) is 48.5 Å². The Morgan fingerprint density at radius 2 is 1.10 bits per heavy atom. The molecule has 0 aliphatic heterocycles. The van der Waals surface area contributed by atoms with Gasteiger partial charge in [-0.1, -0.05) is 88.8 Å². The molecule has 5 N–H and O–H groups in total. The quantitative estimate of drug-likeness (QED) is 0.0343. The highest BCUT2D eigenvalue weighted by Crippen LogP contribution is 2.36. The van der Waals surface area contributed by atoms with E-state index in [1.165, 1.54) is 18.9 Å². The zero-order valence-electron chi connectivity index (χ0n) is 33.6. The van der Waals surface area contributed by atoms with Crippen LogP contribution in [0.1, 0.15) is 122 Å². The lowest BCUT2D eigenvalue weighted by molar-refractivity contribution is -0.142. The Balaban J connectivity index is 0.000000473. The van der Waals surface area contributed by atoms with Gasteiger partial charge in [-0.25, -0.2) is 9.36 Å². The van der Waals surface area contributed by atoms with E-state index in [0.29, 0.717) is 27.0 Å². The van der Waals surface area contributed by atoms with E-state index in [0.717, 1.165) is 58.2 Å². The van der Waals surface area contributed by atoms with Crippen LogP contribution in [0.3, 0.4) is 0 Å². The summed E-state index contributed by atoms with van der Waals surface area (Å²) >= 11 is 9.44. The van der Waals surface area contributed by atoms with Gasteiger partial charge in [0.1, 0.15) is 11.1 Å². The first-order valence-corrected chi connectivity index (χ1v) is 19.3. The summed E-state index contributed by atoms with van der Waals surface area (Å²) in [7, 11) is 1.92. The van der Waals surface area contributed by atoms with Crippen LogP contribution in [0.25, 0.3) is 0 Å². The predicted molar refractivity (Wildman–Crippen MR) is 211 cm³/mol. The molecule has 2 atom stereocenters. The maximum Gasteiger partial charge on any atom is 0.436 e. The number of amides is 1. The van der Waals surface area contributed by atoms with E-state index < -0.39 is 69.1 Å². The molecule has 2 aromatic heterocycles. The van der Waals surface area contributed by atoms with Gasteiger partial charge in [-0.2, -0.15) is 45.3 Å². The molecular formula is C39H50Cl2F8N6O4. The molecule has 59 heavy (non-hydrogen) atoms. The molecule has 0 bridgehead atoms. The van der Waals surface area contributed by atoms with Crippen molar-refractivity contribution in [3.63, 3.8) is 0 Å². The zero-order chi connectivity index (χ0) is 45.5. The minimum absolute atomic E-state index is 0.116. The number of carbonyl (C=O) groups is 2. The molecule has 1 amide bonds. The zero-order valence-corrected chi connectivity index (χ0v) is 35.1. The molecule has 0 saturated heterocycles. The molecular weight excluding hydrogens is 839 g/mol. The lowest BCUT2D eigenvalue weighted by Crippen LogP contribution is -2.25. The van der Waals surface area contributed by atoms with E-state index in [-0.39, 0.29) is 5.69 Å². The van der Waals surface area contributed by atoms with Gasteiger partial charge in [-0.3, -0.25) is 9.59 Å². The Morgan fingerprint density at radius 3 is 1.51 bits per heavy atom. The number of halogens is 10. The number of alkyl halides is 7. The second-order valence-electron chi connectivity index (χ2n) is 13.6. The fourth-order valence-corrected chi connectivity index (χ4v) is 5.89. The van der Waals surface area contributed by atoms with Gasteiger partial charge in [0.25, 0.3) is 11.1 Å². The van der Waals surface area contributed by atoms with E-state index in [9.17, 15) is 54.9 Å². The van der Waals surface area contributed by atoms with Crippen LogP contribution in [-0.2, 0) is 37.7 Å². The van der Waals surface area contributed by atoms with Crippen LogP contribution in [0.5, 0.6) is 0 Å². The summed E-state index contributed by atoms with van der Waals surface area (Å²) in [6, 6.07) is 13.8. The Kier molecular flexibility index (Phi) is 20.5. The maximum absolute atomic E-state index is 14.1. The largest absolute Gasteiger partial charge is 0.436 e. The first-order valence-electron chi connectivity index (χ1n) is 18.2. The van der Waals surface area contributed by atoms with Crippen molar-refractivity contribution >= 4 is 45.7 Å². The molecule has 20 heteroatoms. The number of unbranched alkanes of at least 4 members (excludes halogenated alkanes) is 4. The van der Waals surface area contributed by atoms with E-state index in [1.807, 2.05) is 38.1 Å². The van der Waals surface area contributed by atoms with Crippen LogP contribution < -0.4 is 11.1 Å². The minimum atomic E-state index is -4.99. The summed E-state index contributed by atoms with van der Waals surface area (Å²) in [5.74, 6) is -4.08. The molecule has 0 spiro atoms. The van der Waals surface area contributed by atoms with Gasteiger partial charge in [-0.05, 0) is 50.4 Å². The number of nitrogens with two attached hydrogens (primary N) is 1. The fraction of sp³-hybridized carbons (Fsp3) is 0.487.